The van der Waals surface area contributed by atoms with Crippen LogP contribution in [0, 0.1) is 0 Å². The predicted octanol–water partition coefficient (Wildman–Crippen LogP) is 2.14. The minimum atomic E-state index is -0.416. The molecule has 0 amide bonds. The van der Waals surface area contributed by atoms with Crippen LogP contribution in [-0.2, 0) is 14.3 Å². The van der Waals surface area contributed by atoms with Crippen LogP contribution in [-0.4, -0.2) is 31.1 Å². The van der Waals surface area contributed by atoms with Crippen LogP contribution in [0.3, 0.4) is 0 Å². The van der Waals surface area contributed by atoms with Gasteiger partial charge >= 0.3 is 11.9 Å². The number of hydrogen-bond donors (Lipinski definition) is 1. The Kier molecular flexibility index (Phi) is 3.66. The molecule has 98 valence electrons. The molecule has 0 atom stereocenters. The Morgan fingerprint density at radius 2 is 2.00 bits per heavy atom. The van der Waals surface area contributed by atoms with Gasteiger partial charge in [-0.1, -0.05) is 6.07 Å². The number of aromatic amines is 1. The summed E-state index contributed by atoms with van der Waals surface area (Å²) in [7, 11) is 2.66. The number of hydrogen-bond acceptors (Lipinski definition) is 4. The summed E-state index contributed by atoms with van der Waals surface area (Å²) >= 11 is 0. The van der Waals surface area contributed by atoms with Crippen molar-refractivity contribution in [3.63, 3.8) is 0 Å². The Bertz CT molecular complexity index is 655. The molecular formula is C14H13NO4. The predicted molar refractivity (Wildman–Crippen MR) is 70.7 cm³/mol. The van der Waals surface area contributed by atoms with Gasteiger partial charge < -0.3 is 14.5 Å². The minimum absolute atomic E-state index is 0.386. The fraction of sp³-hybridized carbons (Fsp3) is 0.143. The zero-order valence-corrected chi connectivity index (χ0v) is 10.6. The Balaban J connectivity index is 2.37. The second-order valence-electron chi connectivity index (χ2n) is 3.85. The monoisotopic (exact) mass is 259 g/mol. The molecule has 0 radical (unpaired) electrons. The fourth-order valence-corrected chi connectivity index (χ4v) is 1.76. The highest BCUT2D eigenvalue weighted by Crippen LogP contribution is 2.21. The first-order chi connectivity index (χ1) is 9.15. The first-order valence-corrected chi connectivity index (χ1v) is 5.61. The molecule has 1 aromatic carbocycles. The van der Waals surface area contributed by atoms with E-state index in [9.17, 15) is 9.59 Å². The lowest BCUT2D eigenvalue weighted by molar-refractivity contribution is -0.134. The summed E-state index contributed by atoms with van der Waals surface area (Å²) in [6, 6.07) is 5.18. The minimum Gasteiger partial charge on any atom is -0.466 e. The van der Waals surface area contributed by atoms with Crippen molar-refractivity contribution in [3.8, 4) is 0 Å². The molecule has 2 aromatic rings. The van der Waals surface area contributed by atoms with Gasteiger partial charge in [-0.15, -0.1) is 0 Å². The molecule has 0 bridgehead atoms. The van der Waals surface area contributed by atoms with E-state index in [4.69, 9.17) is 0 Å². The molecule has 0 aliphatic heterocycles. The van der Waals surface area contributed by atoms with Crippen molar-refractivity contribution in [2.75, 3.05) is 14.2 Å². The number of rotatable bonds is 3. The number of carbonyl (C=O) groups excluding carboxylic acids is 2. The third-order valence-corrected chi connectivity index (χ3v) is 2.74. The van der Waals surface area contributed by atoms with Gasteiger partial charge in [0.05, 0.1) is 19.8 Å². The maximum atomic E-state index is 11.4. The average Bonchev–Trinajstić information content (AvgIpc) is 2.86. The number of ether oxygens (including phenoxy) is 2. The zero-order chi connectivity index (χ0) is 13.8. The first kappa shape index (κ1) is 12.9. The van der Waals surface area contributed by atoms with Crippen molar-refractivity contribution >= 4 is 28.9 Å². The van der Waals surface area contributed by atoms with Gasteiger partial charge in [-0.05, 0) is 18.2 Å². The van der Waals surface area contributed by atoms with Crippen LogP contribution < -0.4 is 0 Å². The number of H-pyrrole nitrogens is 1. The first-order valence-electron chi connectivity index (χ1n) is 5.61. The van der Waals surface area contributed by atoms with Crippen molar-refractivity contribution in [1.82, 2.24) is 4.98 Å². The summed E-state index contributed by atoms with van der Waals surface area (Å²) in [5.74, 6) is -0.802. The van der Waals surface area contributed by atoms with Crippen LogP contribution in [0.25, 0.3) is 17.0 Å². The summed E-state index contributed by atoms with van der Waals surface area (Å²) < 4.78 is 9.19. The number of aromatic nitrogens is 1. The van der Waals surface area contributed by atoms with Crippen LogP contribution in [0.1, 0.15) is 15.9 Å². The molecule has 0 aliphatic carbocycles. The Hall–Kier alpha value is -2.56. The normalized spacial score (nSPS) is 10.8. The Morgan fingerprint density at radius 3 is 2.68 bits per heavy atom. The smallest absolute Gasteiger partial charge is 0.337 e. The van der Waals surface area contributed by atoms with Crippen molar-refractivity contribution in [2.45, 2.75) is 0 Å². The molecule has 0 spiro atoms. The molecule has 0 saturated carbocycles. The van der Waals surface area contributed by atoms with E-state index in [-0.39, 0.29) is 5.97 Å². The highest BCUT2D eigenvalue weighted by atomic mass is 16.5. The average molecular weight is 259 g/mol. The maximum absolute atomic E-state index is 11.4. The maximum Gasteiger partial charge on any atom is 0.337 e. The number of methoxy groups -OCH3 is 2. The van der Waals surface area contributed by atoms with E-state index in [0.717, 1.165) is 16.5 Å². The third-order valence-electron chi connectivity index (χ3n) is 2.74. The Labute approximate surface area is 109 Å². The molecule has 0 saturated heterocycles. The molecule has 5 heteroatoms. The van der Waals surface area contributed by atoms with Crippen LogP contribution >= 0.6 is 0 Å². The summed E-state index contributed by atoms with van der Waals surface area (Å²) in [6.45, 7) is 0. The lowest BCUT2D eigenvalue weighted by atomic mass is 10.1. The van der Waals surface area contributed by atoms with Crippen LogP contribution in [0.15, 0.2) is 30.5 Å². The third kappa shape index (κ3) is 2.65. The molecule has 1 heterocycles. The highest BCUT2D eigenvalue weighted by molar-refractivity contribution is 5.98. The van der Waals surface area contributed by atoms with Crippen LogP contribution in [0.2, 0.25) is 0 Å². The number of nitrogens with one attached hydrogen (secondary N) is 1. The van der Waals surface area contributed by atoms with Gasteiger partial charge in [0.25, 0.3) is 0 Å². The fourth-order valence-electron chi connectivity index (χ4n) is 1.76. The molecule has 2 rings (SSSR count). The van der Waals surface area contributed by atoms with Gasteiger partial charge in [-0.25, -0.2) is 9.59 Å². The lowest BCUT2D eigenvalue weighted by Crippen LogP contribution is -2.00. The van der Waals surface area contributed by atoms with Gasteiger partial charge in [0, 0.05) is 28.7 Å². The largest absolute Gasteiger partial charge is 0.466 e. The number of esters is 2. The van der Waals surface area contributed by atoms with Crippen molar-refractivity contribution in [2.24, 2.45) is 0 Å². The van der Waals surface area contributed by atoms with E-state index < -0.39 is 5.97 Å². The number of carbonyl (C=O) groups is 2. The van der Waals surface area contributed by atoms with E-state index in [1.54, 1.807) is 30.5 Å². The molecule has 19 heavy (non-hydrogen) atoms. The molecule has 1 aromatic heterocycles. The lowest BCUT2D eigenvalue weighted by Gasteiger charge is -1.99. The SMILES string of the molecule is COC(=O)/C=C/c1c[nH]c2cc(C(=O)OC)ccc12. The van der Waals surface area contributed by atoms with Gasteiger partial charge in [-0.3, -0.25) is 0 Å². The van der Waals surface area contributed by atoms with E-state index in [2.05, 4.69) is 14.5 Å². The number of fused-ring (bicyclic) bond motifs is 1. The summed E-state index contributed by atoms with van der Waals surface area (Å²) in [5.41, 5.74) is 2.12. The molecule has 5 nitrogen and oxygen atoms in total. The summed E-state index contributed by atoms with van der Waals surface area (Å²) in [5, 5.41) is 0.910. The van der Waals surface area contributed by atoms with E-state index in [1.165, 1.54) is 20.3 Å². The molecule has 0 fully saturated rings. The second-order valence-corrected chi connectivity index (χ2v) is 3.85. The molecule has 0 aliphatic rings. The van der Waals surface area contributed by atoms with Crippen molar-refractivity contribution in [3.05, 3.63) is 41.6 Å². The number of benzene rings is 1. The van der Waals surface area contributed by atoms with Crippen molar-refractivity contribution in [1.29, 1.82) is 0 Å². The van der Waals surface area contributed by atoms with Gasteiger partial charge in [-0.2, -0.15) is 0 Å². The van der Waals surface area contributed by atoms with Gasteiger partial charge in [0.1, 0.15) is 0 Å². The standard InChI is InChI=1S/C14H13NO4/c1-18-13(16)6-4-10-8-15-12-7-9(14(17)19-2)3-5-11(10)12/h3-8,15H,1-2H3/b6-4+. The molecule has 1 N–H and O–H groups in total. The quantitative estimate of drug-likeness (QED) is 0.677. The van der Waals surface area contributed by atoms with Gasteiger partial charge in [0.15, 0.2) is 0 Å². The van der Waals surface area contributed by atoms with Crippen LogP contribution in [0.4, 0.5) is 0 Å². The Morgan fingerprint density at radius 1 is 1.21 bits per heavy atom. The van der Waals surface area contributed by atoms with Crippen molar-refractivity contribution < 1.29 is 19.1 Å². The zero-order valence-electron chi connectivity index (χ0n) is 10.6. The van der Waals surface area contributed by atoms with Crippen LogP contribution in [0.5, 0.6) is 0 Å². The van der Waals surface area contributed by atoms with E-state index >= 15 is 0 Å². The van der Waals surface area contributed by atoms with E-state index in [1.807, 2.05) is 0 Å². The van der Waals surface area contributed by atoms with E-state index in [0.29, 0.717) is 5.56 Å². The molecule has 0 unspecified atom stereocenters. The topological polar surface area (TPSA) is 68.4 Å². The van der Waals surface area contributed by atoms with Gasteiger partial charge in [0.2, 0.25) is 0 Å². The summed E-state index contributed by atoms with van der Waals surface area (Å²) in [4.78, 5) is 25.5. The molecular weight excluding hydrogens is 246 g/mol. The second kappa shape index (κ2) is 5.39. The highest BCUT2D eigenvalue weighted by Gasteiger charge is 2.08. The summed E-state index contributed by atoms with van der Waals surface area (Å²) in [6.07, 6.45) is 4.75.